The predicted molar refractivity (Wildman–Crippen MR) is 112 cm³/mol. The monoisotopic (exact) mass is 410 g/mol. The number of nitrogens with zero attached hydrogens (tertiary/aromatic N) is 1. The van der Waals surface area contributed by atoms with E-state index in [2.05, 4.69) is 5.32 Å². The quantitative estimate of drug-likeness (QED) is 0.780. The maximum Gasteiger partial charge on any atom is 0.251 e. The summed E-state index contributed by atoms with van der Waals surface area (Å²) in [5.41, 5.74) is 1.39. The molecule has 1 saturated heterocycles. The van der Waals surface area contributed by atoms with Gasteiger partial charge in [-0.15, -0.1) is 0 Å². The van der Waals surface area contributed by atoms with Crippen molar-refractivity contribution in [2.45, 2.75) is 44.8 Å². The summed E-state index contributed by atoms with van der Waals surface area (Å²) in [6.07, 6.45) is 3.83. The zero-order valence-electron chi connectivity index (χ0n) is 17.1. The van der Waals surface area contributed by atoms with Crippen LogP contribution in [0.4, 0.5) is 4.39 Å². The summed E-state index contributed by atoms with van der Waals surface area (Å²) in [4.78, 5) is 26.6. The molecule has 158 valence electrons. The van der Waals surface area contributed by atoms with Gasteiger partial charge in [-0.2, -0.15) is 0 Å². The summed E-state index contributed by atoms with van der Waals surface area (Å²) in [5.74, 6) is 0.814. The van der Waals surface area contributed by atoms with Crippen LogP contribution in [-0.2, 0) is 4.79 Å². The molecule has 6 heteroatoms. The van der Waals surface area contributed by atoms with Crippen LogP contribution in [0, 0.1) is 11.7 Å². The topological polar surface area (TPSA) is 58.6 Å². The molecule has 2 aromatic rings. The molecule has 1 N–H and O–H groups in total. The van der Waals surface area contributed by atoms with Crippen molar-refractivity contribution in [3.63, 3.8) is 0 Å². The Hall–Kier alpha value is -2.89. The number of halogens is 1. The third-order valence-corrected chi connectivity index (χ3v) is 5.82. The normalized spacial score (nSPS) is 18.0. The number of nitrogens with one attached hydrogen (secondary N) is 1. The van der Waals surface area contributed by atoms with Gasteiger partial charge in [-0.25, -0.2) is 4.39 Å². The van der Waals surface area contributed by atoms with Gasteiger partial charge < -0.3 is 15.0 Å². The van der Waals surface area contributed by atoms with Gasteiger partial charge in [0, 0.05) is 37.4 Å². The number of piperidine rings is 1. The molecular formula is C24H27FN2O3. The molecule has 0 spiro atoms. The maximum absolute atomic E-state index is 13.1. The van der Waals surface area contributed by atoms with Crippen molar-refractivity contribution >= 4 is 11.8 Å². The van der Waals surface area contributed by atoms with Crippen LogP contribution in [0.5, 0.6) is 5.75 Å². The number of ether oxygens (including phenoxy) is 1. The van der Waals surface area contributed by atoms with Gasteiger partial charge in [-0.3, -0.25) is 9.59 Å². The Morgan fingerprint density at radius 1 is 1.00 bits per heavy atom. The minimum atomic E-state index is -0.298. The van der Waals surface area contributed by atoms with Crippen molar-refractivity contribution in [3.8, 4) is 5.75 Å². The first-order valence-electron chi connectivity index (χ1n) is 10.6. The highest BCUT2D eigenvalue weighted by Crippen LogP contribution is 2.32. The van der Waals surface area contributed by atoms with Gasteiger partial charge in [-0.05, 0) is 61.7 Å². The van der Waals surface area contributed by atoms with E-state index in [0.29, 0.717) is 11.5 Å². The SMILES string of the molecule is C[C@H](NC(=O)c1ccc(OC2CCN(C(=O)C3CC3)CC2)cc1)c1ccc(F)cc1. The number of likely N-dealkylation sites (tertiary alicyclic amines) is 1. The lowest BCUT2D eigenvalue weighted by atomic mass is 10.1. The first kappa shape index (κ1) is 20.4. The summed E-state index contributed by atoms with van der Waals surface area (Å²) >= 11 is 0. The van der Waals surface area contributed by atoms with E-state index in [0.717, 1.165) is 50.1 Å². The summed E-state index contributed by atoms with van der Waals surface area (Å²) < 4.78 is 19.1. The lowest BCUT2D eigenvalue weighted by Gasteiger charge is -2.32. The molecule has 0 radical (unpaired) electrons. The number of benzene rings is 2. The second-order valence-corrected chi connectivity index (χ2v) is 8.19. The Bertz CT molecular complexity index is 886. The summed E-state index contributed by atoms with van der Waals surface area (Å²) in [5, 5.41) is 2.92. The molecular weight excluding hydrogens is 383 g/mol. The number of carbonyl (C=O) groups excluding carboxylic acids is 2. The minimum absolute atomic E-state index is 0.0893. The van der Waals surface area contributed by atoms with Gasteiger partial charge in [0.25, 0.3) is 5.91 Å². The third-order valence-electron chi connectivity index (χ3n) is 5.82. The average molecular weight is 410 g/mol. The van der Waals surface area contributed by atoms with Crippen molar-refractivity contribution < 1.29 is 18.7 Å². The molecule has 1 aliphatic carbocycles. The predicted octanol–water partition coefficient (Wildman–Crippen LogP) is 4.10. The van der Waals surface area contributed by atoms with E-state index in [1.165, 1.54) is 12.1 Å². The Labute approximate surface area is 176 Å². The van der Waals surface area contributed by atoms with E-state index in [1.807, 2.05) is 11.8 Å². The minimum Gasteiger partial charge on any atom is -0.490 e. The standard InChI is InChI=1S/C24H27FN2O3/c1-16(17-4-8-20(25)9-5-17)26-23(28)18-6-10-21(11-7-18)30-22-12-14-27(15-13-22)24(29)19-2-3-19/h4-11,16,19,22H,2-3,12-15H2,1H3,(H,26,28)/t16-/m0/s1. The Morgan fingerprint density at radius 2 is 1.63 bits per heavy atom. The van der Waals surface area contributed by atoms with Gasteiger partial charge in [0.05, 0.1) is 6.04 Å². The molecule has 2 aromatic carbocycles. The summed E-state index contributed by atoms with van der Waals surface area (Å²) in [6.45, 7) is 3.37. The Kier molecular flexibility index (Phi) is 6.02. The van der Waals surface area contributed by atoms with Gasteiger partial charge in [0.1, 0.15) is 17.7 Å². The summed E-state index contributed by atoms with van der Waals surface area (Å²) in [6, 6.07) is 13.0. The highest BCUT2D eigenvalue weighted by molar-refractivity contribution is 5.94. The highest BCUT2D eigenvalue weighted by atomic mass is 19.1. The maximum atomic E-state index is 13.1. The molecule has 30 heavy (non-hydrogen) atoms. The summed E-state index contributed by atoms with van der Waals surface area (Å²) in [7, 11) is 0. The van der Waals surface area contributed by atoms with Crippen molar-refractivity contribution in [3.05, 3.63) is 65.5 Å². The Balaban J connectivity index is 1.27. The van der Waals surface area contributed by atoms with Gasteiger partial charge in [0.2, 0.25) is 5.91 Å². The largest absolute Gasteiger partial charge is 0.490 e. The number of hydrogen-bond acceptors (Lipinski definition) is 3. The van der Waals surface area contributed by atoms with Crippen LogP contribution in [0.1, 0.15) is 54.6 Å². The number of hydrogen-bond donors (Lipinski definition) is 1. The fraction of sp³-hybridized carbons (Fsp3) is 0.417. The highest BCUT2D eigenvalue weighted by Gasteiger charge is 2.35. The molecule has 5 nitrogen and oxygen atoms in total. The van der Waals surface area contributed by atoms with E-state index in [9.17, 15) is 14.0 Å². The zero-order chi connectivity index (χ0) is 21.1. The molecule has 4 rings (SSSR count). The Morgan fingerprint density at radius 3 is 2.23 bits per heavy atom. The van der Waals surface area contributed by atoms with Gasteiger partial charge in [0.15, 0.2) is 0 Å². The number of amides is 2. The third kappa shape index (κ3) is 4.99. The molecule has 1 saturated carbocycles. The molecule has 1 aliphatic heterocycles. The van der Waals surface area contributed by atoms with Gasteiger partial charge >= 0.3 is 0 Å². The number of rotatable bonds is 6. The zero-order valence-corrected chi connectivity index (χ0v) is 17.1. The molecule has 1 atom stereocenters. The van der Waals surface area contributed by atoms with Crippen LogP contribution in [0.25, 0.3) is 0 Å². The van der Waals surface area contributed by atoms with Gasteiger partial charge in [-0.1, -0.05) is 12.1 Å². The molecule has 2 aliphatic rings. The van der Waals surface area contributed by atoms with Crippen molar-refractivity contribution in [1.29, 1.82) is 0 Å². The molecule has 1 heterocycles. The van der Waals surface area contributed by atoms with E-state index < -0.39 is 0 Å². The first-order chi connectivity index (χ1) is 14.5. The average Bonchev–Trinajstić information content (AvgIpc) is 3.60. The van der Waals surface area contributed by atoms with Crippen LogP contribution in [0.3, 0.4) is 0 Å². The number of carbonyl (C=O) groups is 2. The van der Waals surface area contributed by atoms with E-state index >= 15 is 0 Å². The second-order valence-electron chi connectivity index (χ2n) is 8.19. The van der Waals surface area contributed by atoms with Crippen LogP contribution < -0.4 is 10.1 Å². The lowest BCUT2D eigenvalue weighted by Crippen LogP contribution is -2.42. The van der Waals surface area contributed by atoms with E-state index in [4.69, 9.17) is 4.74 Å². The first-order valence-corrected chi connectivity index (χ1v) is 10.6. The van der Waals surface area contributed by atoms with Crippen LogP contribution in [0.15, 0.2) is 48.5 Å². The molecule has 2 fully saturated rings. The van der Waals surface area contributed by atoms with Crippen LogP contribution in [-0.4, -0.2) is 35.9 Å². The van der Waals surface area contributed by atoms with Crippen LogP contribution in [0.2, 0.25) is 0 Å². The molecule has 2 amide bonds. The lowest BCUT2D eigenvalue weighted by molar-refractivity contribution is -0.134. The fourth-order valence-corrected chi connectivity index (χ4v) is 3.77. The molecule has 0 unspecified atom stereocenters. The van der Waals surface area contributed by atoms with E-state index in [1.54, 1.807) is 36.4 Å². The fourth-order valence-electron chi connectivity index (χ4n) is 3.77. The second kappa shape index (κ2) is 8.86. The van der Waals surface area contributed by atoms with Crippen molar-refractivity contribution in [2.75, 3.05) is 13.1 Å². The smallest absolute Gasteiger partial charge is 0.251 e. The molecule has 0 bridgehead atoms. The molecule has 0 aromatic heterocycles. The van der Waals surface area contributed by atoms with Crippen LogP contribution >= 0.6 is 0 Å². The van der Waals surface area contributed by atoms with Crippen molar-refractivity contribution in [1.82, 2.24) is 10.2 Å². The van der Waals surface area contributed by atoms with Crippen molar-refractivity contribution in [2.24, 2.45) is 5.92 Å². The van der Waals surface area contributed by atoms with E-state index in [-0.39, 0.29) is 29.8 Å².